The van der Waals surface area contributed by atoms with E-state index in [1.807, 2.05) is 0 Å². The highest BCUT2D eigenvalue weighted by Crippen LogP contribution is 2.16. The highest BCUT2D eigenvalue weighted by atomic mass is 79.9. The van der Waals surface area contributed by atoms with E-state index in [0.717, 1.165) is 17.3 Å². The van der Waals surface area contributed by atoms with Gasteiger partial charge in [-0.05, 0) is 40.9 Å². The van der Waals surface area contributed by atoms with Crippen molar-refractivity contribution < 1.29 is 13.2 Å². The molecule has 0 amide bonds. The molecule has 5 nitrogen and oxygen atoms in total. The Balaban J connectivity index is 1.98. The minimum Gasteiger partial charge on any atom is -0.377 e. The van der Waals surface area contributed by atoms with Crippen molar-refractivity contribution in [3.05, 3.63) is 22.8 Å². The molecule has 1 fully saturated rings. The Kier molecular flexibility index (Phi) is 4.01. The van der Waals surface area contributed by atoms with Crippen LogP contribution in [0, 0.1) is 0 Å². The molecule has 0 aromatic carbocycles. The van der Waals surface area contributed by atoms with E-state index in [1.54, 1.807) is 18.3 Å². The van der Waals surface area contributed by atoms with E-state index in [-0.39, 0.29) is 11.9 Å². The second-order valence-electron chi connectivity index (χ2n) is 3.88. The number of pyridine rings is 1. The average Bonchev–Trinajstić information content (AvgIpc) is 2.73. The van der Waals surface area contributed by atoms with Crippen molar-refractivity contribution in [2.24, 2.45) is 0 Å². The van der Waals surface area contributed by atoms with Crippen LogP contribution in [-0.4, -0.2) is 31.9 Å². The van der Waals surface area contributed by atoms with Gasteiger partial charge >= 0.3 is 0 Å². The standard InChI is InChI=1S/C10H13BrN2O3S/c11-8-3-4-10(12-6-8)13-17(14,15)7-9-2-1-5-16-9/h3-4,6,9H,1-2,5,7H2,(H,12,13). The average molecular weight is 321 g/mol. The largest absolute Gasteiger partial charge is 0.377 e. The summed E-state index contributed by atoms with van der Waals surface area (Å²) in [6.07, 6.45) is 3.08. The lowest BCUT2D eigenvalue weighted by atomic mass is 10.3. The van der Waals surface area contributed by atoms with Gasteiger partial charge in [-0.2, -0.15) is 0 Å². The van der Waals surface area contributed by atoms with Gasteiger partial charge in [0.05, 0.1) is 11.9 Å². The van der Waals surface area contributed by atoms with Gasteiger partial charge in [-0.1, -0.05) is 0 Å². The molecule has 0 spiro atoms. The van der Waals surface area contributed by atoms with Crippen LogP contribution in [0.2, 0.25) is 0 Å². The molecule has 1 aromatic rings. The van der Waals surface area contributed by atoms with Gasteiger partial charge in [0.15, 0.2) is 0 Å². The maximum absolute atomic E-state index is 11.8. The highest BCUT2D eigenvalue weighted by Gasteiger charge is 2.23. The zero-order valence-electron chi connectivity index (χ0n) is 9.10. The van der Waals surface area contributed by atoms with Crippen molar-refractivity contribution >= 4 is 31.8 Å². The number of nitrogens with one attached hydrogen (secondary N) is 1. The fourth-order valence-corrected chi connectivity index (χ4v) is 3.17. The molecule has 1 aromatic heterocycles. The SMILES string of the molecule is O=S(=O)(CC1CCCO1)Nc1ccc(Br)cn1. The second-order valence-corrected chi connectivity index (χ2v) is 6.56. The van der Waals surface area contributed by atoms with Crippen molar-refractivity contribution in [2.75, 3.05) is 17.1 Å². The number of halogens is 1. The van der Waals surface area contributed by atoms with Crippen molar-refractivity contribution in [3.8, 4) is 0 Å². The van der Waals surface area contributed by atoms with Crippen LogP contribution in [0.3, 0.4) is 0 Å². The van der Waals surface area contributed by atoms with Crippen LogP contribution < -0.4 is 4.72 Å². The smallest absolute Gasteiger partial charge is 0.236 e. The van der Waals surface area contributed by atoms with E-state index in [9.17, 15) is 8.42 Å². The number of hydrogen-bond acceptors (Lipinski definition) is 4. The van der Waals surface area contributed by atoms with Crippen molar-refractivity contribution in [1.29, 1.82) is 0 Å². The van der Waals surface area contributed by atoms with Gasteiger partial charge in [-0.3, -0.25) is 4.72 Å². The zero-order chi connectivity index (χ0) is 12.3. The molecule has 1 aliphatic heterocycles. The van der Waals surface area contributed by atoms with Gasteiger partial charge in [0, 0.05) is 17.3 Å². The first-order valence-corrected chi connectivity index (χ1v) is 7.73. The number of hydrogen-bond donors (Lipinski definition) is 1. The Bertz CT molecular complexity index is 469. The molecule has 7 heteroatoms. The number of rotatable bonds is 4. The third-order valence-corrected chi connectivity index (χ3v) is 4.22. The van der Waals surface area contributed by atoms with E-state index in [2.05, 4.69) is 25.6 Å². The summed E-state index contributed by atoms with van der Waals surface area (Å²) in [7, 11) is -3.38. The summed E-state index contributed by atoms with van der Waals surface area (Å²) in [5.74, 6) is 0.316. The minimum atomic E-state index is -3.38. The molecule has 2 heterocycles. The summed E-state index contributed by atoms with van der Waals surface area (Å²) in [6.45, 7) is 0.650. The summed E-state index contributed by atoms with van der Waals surface area (Å²) in [5.41, 5.74) is 0. The highest BCUT2D eigenvalue weighted by molar-refractivity contribution is 9.10. The molecule has 1 N–H and O–H groups in total. The van der Waals surface area contributed by atoms with Gasteiger partial charge in [-0.25, -0.2) is 13.4 Å². The fraction of sp³-hybridized carbons (Fsp3) is 0.500. The molecule has 1 saturated heterocycles. The van der Waals surface area contributed by atoms with Crippen LogP contribution in [-0.2, 0) is 14.8 Å². The van der Waals surface area contributed by atoms with Crippen molar-refractivity contribution in [2.45, 2.75) is 18.9 Å². The van der Waals surface area contributed by atoms with E-state index < -0.39 is 10.0 Å². The number of anilines is 1. The molecule has 1 atom stereocenters. The van der Waals surface area contributed by atoms with Crippen LogP contribution >= 0.6 is 15.9 Å². The summed E-state index contributed by atoms with van der Waals surface area (Å²) in [6, 6.07) is 3.34. The number of aromatic nitrogens is 1. The molecular weight excluding hydrogens is 308 g/mol. The predicted molar refractivity (Wildman–Crippen MR) is 68.3 cm³/mol. The number of nitrogens with zero attached hydrogens (tertiary/aromatic N) is 1. The van der Waals surface area contributed by atoms with E-state index in [0.29, 0.717) is 12.4 Å². The molecule has 2 rings (SSSR count). The lowest BCUT2D eigenvalue weighted by Gasteiger charge is -2.11. The first kappa shape index (κ1) is 12.8. The van der Waals surface area contributed by atoms with Crippen LogP contribution in [0.1, 0.15) is 12.8 Å². The van der Waals surface area contributed by atoms with Crippen LogP contribution in [0.4, 0.5) is 5.82 Å². The first-order chi connectivity index (χ1) is 8.05. The summed E-state index contributed by atoms with van der Waals surface area (Å²) in [5, 5.41) is 0. The molecule has 0 radical (unpaired) electrons. The van der Waals surface area contributed by atoms with E-state index in [4.69, 9.17) is 4.74 Å². The summed E-state index contributed by atoms with van der Waals surface area (Å²) in [4.78, 5) is 3.96. The van der Waals surface area contributed by atoms with Crippen molar-refractivity contribution in [3.63, 3.8) is 0 Å². The quantitative estimate of drug-likeness (QED) is 0.918. The van der Waals surface area contributed by atoms with Crippen LogP contribution in [0.15, 0.2) is 22.8 Å². The van der Waals surface area contributed by atoms with Gasteiger partial charge < -0.3 is 4.74 Å². The van der Waals surface area contributed by atoms with Gasteiger partial charge in [0.25, 0.3) is 0 Å². The molecule has 1 unspecified atom stereocenters. The maximum atomic E-state index is 11.8. The Morgan fingerprint density at radius 2 is 2.35 bits per heavy atom. The molecular formula is C10H13BrN2O3S. The van der Waals surface area contributed by atoms with Crippen LogP contribution in [0.5, 0.6) is 0 Å². The van der Waals surface area contributed by atoms with Gasteiger partial charge in [-0.15, -0.1) is 0 Å². The lowest BCUT2D eigenvalue weighted by molar-refractivity contribution is 0.127. The monoisotopic (exact) mass is 320 g/mol. The Morgan fingerprint density at radius 3 is 2.94 bits per heavy atom. The van der Waals surface area contributed by atoms with Crippen LogP contribution in [0.25, 0.3) is 0 Å². The summed E-state index contributed by atoms with van der Waals surface area (Å²) < 4.78 is 32.1. The zero-order valence-corrected chi connectivity index (χ0v) is 11.5. The molecule has 0 saturated carbocycles. The molecule has 17 heavy (non-hydrogen) atoms. The maximum Gasteiger partial charge on any atom is 0.236 e. The molecule has 0 bridgehead atoms. The minimum absolute atomic E-state index is 0.00918. The van der Waals surface area contributed by atoms with E-state index >= 15 is 0 Å². The molecule has 94 valence electrons. The Labute approximate surface area is 109 Å². The second kappa shape index (κ2) is 5.32. The topological polar surface area (TPSA) is 68.3 Å². The van der Waals surface area contributed by atoms with E-state index in [1.165, 1.54) is 0 Å². The summed E-state index contributed by atoms with van der Waals surface area (Å²) >= 11 is 3.24. The Hall–Kier alpha value is -0.660. The fourth-order valence-electron chi connectivity index (χ4n) is 1.66. The molecule has 0 aliphatic carbocycles. The normalized spacial score (nSPS) is 20.4. The third-order valence-electron chi connectivity index (χ3n) is 2.42. The first-order valence-electron chi connectivity index (χ1n) is 5.29. The Morgan fingerprint density at radius 1 is 1.53 bits per heavy atom. The van der Waals surface area contributed by atoms with Gasteiger partial charge in [0.1, 0.15) is 5.82 Å². The third kappa shape index (κ3) is 3.93. The predicted octanol–water partition coefficient (Wildman–Crippen LogP) is 1.76. The van der Waals surface area contributed by atoms with Gasteiger partial charge in [0.2, 0.25) is 10.0 Å². The number of ether oxygens (including phenoxy) is 1. The lowest BCUT2D eigenvalue weighted by Crippen LogP contribution is -2.26. The van der Waals surface area contributed by atoms with Crippen molar-refractivity contribution in [1.82, 2.24) is 4.98 Å². The number of sulfonamides is 1. The molecule has 1 aliphatic rings.